The molecule has 112 valence electrons. The highest BCUT2D eigenvalue weighted by Crippen LogP contribution is 2.31. The van der Waals surface area contributed by atoms with Crippen LogP contribution in [0.3, 0.4) is 0 Å². The number of rotatable bonds is 4. The Kier molecular flexibility index (Phi) is 4.34. The summed E-state index contributed by atoms with van der Waals surface area (Å²) >= 11 is 13.6. The monoisotopic (exact) mass is 350 g/mol. The van der Waals surface area contributed by atoms with Crippen molar-refractivity contribution in [3.63, 3.8) is 0 Å². The smallest absolute Gasteiger partial charge is 0.184 e. The summed E-state index contributed by atoms with van der Waals surface area (Å²) in [7, 11) is 0. The molecule has 0 aliphatic rings. The number of Topliss-reactive ketones (excluding diaryl/α,β-unsaturated/α-hetero) is 1. The van der Waals surface area contributed by atoms with E-state index in [9.17, 15) is 4.79 Å². The molecule has 0 radical (unpaired) electrons. The van der Waals surface area contributed by atoms with Crippen molar-refractivity contribution in [2.24, 2.45) is 0 Å². The lowest BCUT2D eigenvalue weighted by Crippen LogP contribution is -2.14. The molecule has 3 rings (SSSR count). The lowest BCUT2D eigenvalue weighted by Gasteiger charge is -2.03. The summed E-state index contributed by atoms with van der Waals surface area (Å²) in [6, 6.07) is 10.8. The molecule has 0 fully saturated rings. The number of anilines is 1. The van der Waals surface area contributed by atoms with Gasteiger partial charge < -0.3 is 5.32 Å². The van der Waals surface area contributed by atoms with Crippen LogP contribution in [-0.4, -0.2) is 17.3 Å². The van der Waals surface area contributed by atoms with E-state index in [1.165, 1.54) is 11.3 Å². The molecular formula is C16H12Cl2N2OS. The van der Waals surface area contributed by atoms with Gasteiger partial charge in [0.15, 0.2) is 10.9 Å². The number of hydrogen-bond donors (Lipinski definition) is 1. The highest BCUT2D eigenvalue weighted by molar-refractivity contribution is 7.22. The topological polar surface area (TPSA) is 42.0 Å². The number of carbonyl (C=O) groups excluding carboxylic acids is 1. The van der Waals surface area contributed by atoms with Crippen LogP contribution in [-0.2, 0) is 0 Å². The number of carbonyl (C=O) groups is 1. The Morgan fingerprint density at radius 1 is 1.18 bits per heavy atom. The Morgan fingerprint density at radius 3 is 2.73 bits per heavy atom. The van der Waals surface area contributed by atoms with Crippen LogP contribution in [0.15, 0.2) is 36.4 Å². The van der Waals surface area contributed by atoms with Crippen LogP contribution in [0.25, 0.3) is 10.2 Å². The molecule has 0 spiro atoms. The second-order valence-electron chi connectivity index (χ2n) is 4.79. The fourth-order valence-electron chi connectivity index (χ4n) is 2.11. The lowest BCUT2D eigenvalue weighted by atomic mass is 10.1. The van der Waals surface area contributed by atoms with Gasteiger partial charge in [-0.05, 0) is 36.8 Å². The number of aryl methyl sites for hydroxylation is 1. The summed E-state index contributed by atoms with van der Waals surface area (Å²) in [6.07, 6.45) is 0. The standard InChI is InChI=1S/C16H12Cl2N2OS/c1-9-11(17)6-7-14-15(9)20-16(22-14)19-8-13(21)10-4-2-3-5-12(10)18/h2-7H,8H2,1H3,(H,19,20). The van der Waals surface area contributed by atoms with Crippen molar-refractivity contribution >= 4 is 55.7 Å². The Balaban J connectivity index is 1.78. The molecule has 0 bridgehead atoms. The van der Waals surface area contributed by atoms with E-state index in [-0.39, 0.29) is 12.3 Å². The van der Waals surface area contributed by atoms with Gasteiger partial charge in [0.2, 0.25) is 0 Å². The van der Waals surface area contributed by atoms with E-state index in [1.807, 2.05) is 19.1 Å². The Morgan fingerprint density at radius 2 is 1.95 bits per heavy atom. The summed E-state index contributed by atoms with van der Waals surface area (Å²) < 4.78 is 1.04. The molecule has 1 heterocycles. The number of halogens is 2. The average Bonchev–Trinajstić information content (AvgIpc) is 2.93. The van der Waals surface area contributed by atoms with Crippen molar-refractivity contribution in [3.8, 4) is 0 Å². The zero-order chi connectivity index (χ0) is 15.7. The van der Waals surface area contributed by atoms with Crippen LogP contribution < -0.4 is 5.32 Å². The molecule has 0 atom stereocenters. The van der Waals surface area contributed by atoms with E-state index >= 15 is 0 Å². The number of benzene rings is 2. The van der Waals surface area contributed by atoms with Gasteiger partial charge in [0.25, 0.3) is 0 Å². The third-order valence-electron chi connectivity index (χ3n) is 3.32. The number of thiazole rings is 1. The predicted octanol–water partition coefficient (Wildman–Crippen LogP) is 5.21. The molecule has 0 saturated carbocycles. The molecule has 3 aromatic rings. The first-order valence-electron chi connectivity index (χ1n) is 6.63. The van der Waals surface area contributed by atoms with Crippen LogP contribution in [0.2, 0.25) is 10.0 Å². The van der Waals surface area contributed by atoms with Gasteiger partial charge in [-0.1, -0.05) is 46.7 Å². The molecule has 0 amide bonds. The average molecular weight is 351 g/mol. The van der Waals surface area contributed by atoms with Crippen molar-refractivity contribution in [2.75, 3.05) is 11.9 Å². The highest BCUT2D eigenvalue weighted by atomic mass is 35.5. The molecule has 0 saturated heterocycles. The second-order valence-corrected chi connectivity index (χ2v) is 6.64. The summed E-state index contributed by atoms with van der Waals surface area (Å²) in [5.74, 6) is -0.0698. The van der Waals surface area contributed by atoms with Crippen molar-refractivity contribution in [1.29, 1.82) is 0 Å². The van der Waals surface area contributed by atoms with Crippen LogP contribution in [0.4, 0.5) is 5.13 Å². The van der Waals surface area contributed by atoms with E-state index < -0.39 is 0 Å². The number of fused-ring (bicyclic) bond motifs is 1. The van der Waals surface area contributed by atoms with Crippen molar-refractivity contribution < 1.29 is 4.79 Å². The zero-order valence-corrected chi connectivity index (χ0v) is 14.0. The van der Waals surface area contributed by atoms with Crippen molar-refractivity contribution in [2.45, 2.75) is 6.92 Å². The van der Waals surface area contributed by atoms with E-state index in [0.717, 1.165) is 15.8 Å². The highest BCUT2D eigenvalue weighted by Gasteiger charge is 2.12. The first-order chi connectivity index (χ1) is 10.6. The van der Waals surface area contributed by atoms with Gasteiger partial charge in [-0.3, -0.25) is 4.79 Å². The van der Waals surface area contributed by atoms with Crippen LogP contribution in [0, 0.1) is 6.92 Å². The molecule has 6 heteroatoms. The molecular weight excluding hydrogens is 339 g/mol. The first kappa shape index (κ1) is 15.3. The molecule has 2 aromatic carbocycles. The number of ketones is 1. The fraction of sp³-hybridized carbons (Fsp3) is 0.125. The van der Waals surface area contributed by atoms with Crippen LogP contribution >= 0.6 is 34.5 Å². The Hall–Kier alpha value is -1.62. The minimum absolute atomic E-state index is 0.0698. The molecule has 0 unspecified atom stereocenters. The normalized spacial score (nSPS) is 10.9. The van der Waals surface area contributed by atoms with Crippen LogP contribution in [0.5, 0.6) is 0 Å². The maximum absolute atomic E-state index is 12.2. The van der Waals surface area contributed by atoms with Gasteiger partial charge in [-0.15, -0.1) is 0 Å². The quantitative estimate of drug-likeness (QED) is 0.657. The molecule has 1 N–H and O–H groups in total. The maximum atomic E-state index is 12.2. The van der Waals surface area contributed by atoms with Gasteiger partial charge in [0.05, 0.1) is 21.8 Å². The minimum atomic E-state index is -0.0698. The van der Waals surface area contributed by atoms with Gasteiger partial charge in [-0.2, -0.15) is 0 Å². The number of nitrogens with zero attached hydrogens (tertiary/aromatic N) is 1. The number of hydrogen-bond acceptors (Lipinski definition) is 4. The van der Waals surface area contributed by atoms with E-state index in [4.69, 9.17) is 23.2 Å². The van der Waals surface area contributed by atoms with Gasteiger partial charge in [-0.25, -0.2) is 4.98 Å². The van der Waals surface area contributed by atoms with Crippen LogP contribution in [0.1, 0.15) is 15.9 Å². The van der Waals surface area contributed by atoms with Crippen molar-refractivity contribution in [1.82, 2.24) is 4.98 Å². The Bertz CT molecular complexity index is 860. The second kappa shape index (κ2) is 6.24. The van der Waals surface area contributed by atoms with E-state index in [0.29, 0.717) is 20.7 Å². The third-order valence-corrected chi connectivity index (χ3v) is 5.04. The molecule has 0 aliphatic carbocycles. The van der Waals surface area contributed by atoms with E-state index in [2.05, 4.69) is 10.3 Å². The first-order valence-corrected chi connectivity index (χ1v) is 8.21. The van der Waals surface area contributed by atoms with Gasteiger partial charge in [0, 0.05) is 10.6 Å². The number of nitrogens with one attached hydrogen (secondary N) is 1. The maximum Gasteiger partial charge on any atom is 0.184 e. The van der Waals surface area contributed by atoms with Gasteiger partial charge in [0.1, 0.15) is 0 Å². The Labute approximate surface area is 141 Å². The lowest BCUT2D eigenvalue weighted by molar-refractivity contribution is 0.101. The summed E-state index contributed by atoms with van der Waals surface area (Å²) in [5.41, 5.74) is 2.32. The summed E-state index contributed by atoms with van der Waals surface area (Å²) in [4.78, 5) is 16.7. The summed E-state index contributed by atoms with van der Waals surface area (Å²) in [6.45, 7) is 2.08. The van der Waals surface area contributed by atoms with Crippen molar-refractivity contribution in [3.05, 3.63) is 57.6 Å². The number of aromatic nitrogens is 1. The zero-order valence-electron chi connectivity index (χ0n) is 11.7. The molecule has 22 heavy (non-hydrogen) atoms. The largest absolute Gasteiger partial charge is 0.354 e. The molecule has 1 aromatic heterocycles. The fourth-order valence-corrected chi connectivity index (χ4v) is 3.43. The van der Waals surface area contributed by atoms with E-state index in [1.54, 1.807) is 24.3 Å². The molecule has 3 nitrogen and oxygen atoms in total. The molecule has 0 aliphatic heterocycles. The SMILES string of the molecule is Cc1c(Cl)ccc2sc(NCC(=O)c3ccccc3Cl)nc12. The van der Waals surface area contributed by atoms with Gasteiger partial charge >= 0.3 is 0 Å². The predicted molar refractivity (Wildman–Crippen MR) is 93.6 cm³/mol. The minimum Gasteiger partial charge on any atom is -0.354 e. The summed E-state index contributed by atoms with van der Waals surface area (Å²) in [5, 5.41) is 4.91. The third kappa shape index (κ3) is 2.95.